The Balaban J connectivity index is 1.68. The van der Waals surface area contributed by atoms with E-state index >= 15 is 0 Å². The van der Waals surface area contributed by atoms with E-state index in [-0.39, 0.29) is 17.0 Å². The molecule has 0 aromatic heterocycles. The molecule has 6 heteroatoms. The Morgan fingerprint density at radius 3 is 2.64 bits per heavy atom. The highest BCUT2D eigenvalue weighted by atomic mass is 35.5. The average molecular weight is 398 g/mol. The highest BCUT2D eigenvalue weighted by molar-refractivity contribution is 8.00. The Bertz CT molecular complexity index is 689. The number of thioether (sulfide) groups is 2. The van der Waals surface area contributed by atoms with E-state index in [4.69, 9.17) is 11.6 Å². The highest BCUT2D eigenvalue weighted by Gasteiger charge is 2.13. The predicted molar refractivity (Wildman–Crippen MR) is 107 cm³/mol. The van der Waals surface area contributed by atoms with Gasteiger partial charge in [-0.05, 0) is 38.1 Å². The number of carbonyl (C=O) groups is 1. The van der Waals surface area contributed by atoms with Crippen LogP contribution in [0.4, 0.5) is 4.39 Å². The minimum absolute atomic E-state index is 0.00935. The summed E-state index contributed by atoms with van der Waals surface area (Å²) in [6.45, 7) is 4.48. The van der Waals surface area contributed by atoms with Gasteiger partial charge >= 0.3 is 0 Å². The number of rotatable bonds is 8. The zero-order valence-corrected chi connectivity index (χ0v) is 16.6. The molecule has 0 saturated heterocycles. The van der Waals surface area contributed by atoms with Gasteiger partial charge in [0.05, 0.1) is 5.25 Å². The van der Waals surface area contributed by atoms with Crippen molar-refractivity contribution in [1.82, 2.24) is 5.32 Å². The van der Waals surface area contributed by atoms with Crippen LogP contribution < -0.4 is 5.32 Å². The summed E-state index contributed by atoms with van der Waals surface area (Å²) in [5, 5.41) is 3.21. The molecule has 0 aliphatic rings. The maximum Gasteiger partial charge on any atom is 0.233 e. The molecular formula is C19H21ClFNOS2. The number of nitrogens with one attached hydrogen (secondary N) is 1. The quantitative estimate of drug-likeness (QED) is 0.483. The minimum atomic E-state index is -0.285. The second-order valence-corrected chi connectivity index (χ2v) is 8.54. The maximum absolute atomic E-state index is 13.7. The standard InChI is InChI=1S/C19H21ClFNOS2/c1-13-6-8-15(9-7-13)25-14(2)19(23)22-10-11-24-12-16-17(20)4-3-5-18(16)21/h3-9,14H,10-12H2,1-2H3,(H,22,23)/t14-/m0/s1. The molecule has 0 saturated carbocycles. The van der Waals surface area contributed by atoms with Crippen molar-refractivity contribution in [3.05, 3.63) is 64.4 Å². The normalized spacial score (nSPS) is 12.0. The third-order valence-corrected chi connectivity index (χ3v) is 6.01. The lowest BCUT2D eigenvalue weighted by Crippen LogP contribution is -2.32. The third-order valence-electron chi connectivity index (χ3n) is 3.56. The number of amides is 1. The van der Waals surface area contributed by atoms with Crippen LogP contribution in [0, 0.1) is 12.7 Å². The van der Waals surface area contributed by atoms with E-state index in [1.54, 1.807) is 23.9 Å². The average Bonchev–Trinajstić information content (AvgIpc) is 2.58. The van der Waals surface area contributed by atoms with Crippen LogP contribution in [0.5, 0.6) is 0 Å². The van der Waals surface area contributed by atoms with Gasteiger partial charge in [0.2, 0.25) is 5.91 Å². The maximum atomic E-state index is 13.7. The van der Waals surface area contributed by atoms with Crippen molar-refractivity contribution < 1.29 is 9.18 Å². The smallest absolute Gasteiger partial charge is 0.233 e. The van der Waals surface area contributed by atoms with Gasteiger partial charge in [-0.15, -0.1) is 11.8 Å². The van der Waals surface area contributed by atoms with Crippen molar-refractivity contribution >= 4 is 41.0 Å². The van der Waals surface area contributed by atoms with Gasteiger partial charge in [-0.3, -0.25) is 4.79 Å². The van der Waals surface area contributed by atoms with Gasteiger partial charge in [-0.2, -0.15) is 11.8 Å². The molecule has 2 aromatic rings. The van der Waals surface area contributed by atoms with Crippen molar-refractivity contribution in [3.8, 4) is 0 Å². The van der Waals surface area contributed by atoms with Crippen LogP contribution in [0.3, 0.4) is 0 Å². The molecule has 2 aromatic carbocycles. The van der Waals surface area contributed by atoms with E-state index in [9.17, 15) is 9.18 Å². The van der Waals surface area contributed by atoms with E-state index in [1.807, 2.05) is 38.1 Å². The second kappa shape index (κ2) is 10.1. The van der Waals surface area contributed by atoms with Crippen molar-refractivity contribution in [1.29, 1.82) is 0 Å². The molecular weight excluding hydrogens is 377 g/mol. The van der Waals surface area contributed by atoms with Crippen LogP contribution in [-0.2, 0) is 10.5 Å². The Labute approximate surface area is 161 Å². The van der Waals surface area contributed by atoms with E-state index < -0.39 is 0 Å². The molecule has 0 fully saturated rings. The fraction of sp³-hybridized carbons (Fsp3) is 0.316. The van der Waals surface area contributed by atoms with Crippen molar-refractivity contribution in [2.24, 2.45) is 0 Å². The number of halogens is 2. The van der Waals surface area contributed by atoms with Crippen molar-refractivity contribution in [3.63, 3.8) is 0 Å². The summed E-state index contributed by atoms with van der Waals surface area (Å²) in [5.41, 5.74) is 1.72. The van der Waals surface area contributed by atoms with E-state index in [2.05, 4.69) is 5.32 Å². The molecule has 0 aliphatic heterocycles. The molecule has 0 aliphatic carbocycles. The monoisotopic (exact) mass is 397 g/mol. The van der Waals surface area contributed by atoms with Gasteiger partial charge in [-0.25, -0.2) is 4.39 Å². The fourth-order valence-corrected chi connectivity index (χ4v) is 4.20. The molecule has 1 amide bonds. The van der Waals surface area contributed by atoms with E-state index in [0.29, 0.717) is 28.6 Å². The largest absolute Gasteiger partial charge is 0.354 e. The summed E-state index contributed by atoms with van der Waals surface area (Å²) in [5.74, 6) is 0.926. The summed E-state index contributed by atoms with van der Waals surface area (Å²) in [6, 6.07) is 12.8. The first-order chi connectivity index (χ1) is 12.0. The summed E-state index contributed by atoms with van der Waals surface area (Å²) < 4.78 is 13.7. The number of benzene rings is 2. The van der Waals surface area contributed by atoms with Gasteiger partial charge in [-0.1, -0.05) is 35.4 Å². The van der Waals surface area contributed by atoms with Crippen LogP contribution in [0.15, 0.2) is 47.4 Å². The molecule has 25 heavy (non-hydrogen) atoms. The van der Waals surface area contributed by atoms with E-state index in [0.717, 1.165) is 4.90 Å². The SMILES string of the molecule is Cc1ccc(S[C@@H](C)C(=O)NCCSCc2c(F)cccc2Cl)cc1. The molecule has 0 unspecified atom stereocenters. The summed E-state index contributed by atoms with van der Waals surface area (Å²) in [6.07, 6.45) is 0. The van der Waals surface area contributed by atoms with Crippen LogP contribution in [-0.4, -0.2) is 23.5 Å². The fourth-order valence-electron chi connectivity index (χ4n) is 2.11. The molecule has 2 nitrogen and oxygen atoms in total. The number of aryl methyl sites for hydroxylation is 1. The Hall–Kier alpha value is -1.17. The van der Waals surface area contributed by atoms with E-state index in [1.165, 1.54) is 23.4 Å². The number of hydrogen-bond acceptors (Lipinski definition) is 3. The first-order valence-corrected chi connectivity index (χ1v) is 10.4. The lowest BCUT2D eigenvalue weighted by molar-refractivity contribution is -0.120. The molecule has 0 heterocycles. The van der Waals surface area contributed by atoms with Gasteiger partial charge < -0.3 is 5.32 Å². The molecule has 0 bridgehead atoms. The Kier molecular flexibility index (Phi) is 8.13. The zero-order chi connectivity index (χ0) is 18.2. The molecule has 0 radical (unpaired) electrons. The van der Waals surface area contributed by atoms with Gasteiger partial charge in [0.15, 0.2) is 0 Å². The number of hydrogen-bond donors (Lipinski definition) is 1. The van der Waals surface area contributed by atoms with Gasteiger partial charge in [0.1, 0.15) is 5.82 Å². The highest BCUT2D eigenvalue weighted by Crippen LogP contribution is 2.24. The van der Waals surface area contributed by atoms with Crippen LogP contribution >= 0.6 is 35.1 Å². The number of carbonyl (C=O) groups excluding carboxylic acids is 1. The molecule has 1 atom stereocenters. The second-order valence-electron chi connectivity index (χ2n) is 5.62. The lowest BCUT2D eigenvalue weighted by atomic mass is 10.2. The van der Waals surface area contributed by atoms with Gasteiger partial charge in [0, 0.05) is 33.5 Å². The first-order valence-electron chi connectivity index (χ1n) is 7.99. The molecule has 0 spiro atoms. The topological polar surface area (TPSA) is 29.1 Å². The van der Waals surface area contributed by atoms with Crippen LogP contribution in [0.2, 0.25) is 5.02 Å². The predicted octanol–water partition coefficient (Wildman–Crippen LogP) is 5.32. The lowest BCUT2D eigenvalue weighted by Gasteiger charge is -2.12. The summed E-state index contributed by atoms with van der Waals surface area (Å²) in [4.78, 5) is 13.2. The van der Waals surface area contributed by atoms with Gasteiger partial charge in [0.25, 0.3) is 0 Å². The van der Waals surface area contributed by atoms with Crippen molar-refractivity contribution in [2.45, 2.75) is 29.7 Å². The molecule has 1 N–H and O–H groups in total. The van der Waals surface area contributed by atoms with Crippen LogP contribution in [0.25, 0.3) is 0 Å². The minimum Gasteiger partial charge on any atom is -0.354 e. The molecule has 2 rings (SSSR count). The molecule has 134 valence electrons. The first kappa shape index (κ1) is 20.1. The Morgan fingerprint density at radius 2 is 1.96 bits per heavy atom. The summed E-state index contributed by atoms with van der Waals surface area (Å²) >= 11 is 9.08. The summed E-state index contributed by atoms with van der Waals surface area (Å²) in [7, 11) is 0. The van der Waals surface area contributed by atoms with Crippen LogP contribution in [0.1, 0.15) is 18.1 Å². The third kappa shape index (κ3) is 6.57. The Morgan fingerprint density at radius 1 is 1.24 bits per heavy atom. The van der Waals surface area contributed by atoms with Crippen molar-refractivity contribution in [2.75, 3.05) is 12.3 Å². The zero-order valence-electron chi connectivity index (χ0n) is 14.2.